The second kappa shape index (κ2) is 4.82. The molecule has 0 radical (unpaired) electrons. The van der Waals surface area contributed by atoms with Crippen LogP contribution in [0, 0.1) is 6.92 Å². The fraction of sp³-hybridized carbons (Fsp3) is 0.364. The lowest BCUT2D eigenvalue weighted by Gasteiger charge is -1.95. The van der Waals surface area contributed by atoms with Crippen molar-refractivity contribution < 1.29 is 14.3 Å². The maximum Gasteiger partial charge on any atom is 0.303 e. The number of aliphatic carboxylic acids is 1. The Morgan fingerprint density at radius 1 is 1.53 bits per heavy atom. The van der Waals surface area contributed by atoms with Gasteiger partial charge in [0.05, 0.1) is 12.1 Å². The van der Waals surface area contributed by atoms with Crippen molar-refractivity contribution in [1.82, 2.24) is 15.0 Å². The summed E-state index contributed by atoms with van der Waals surface area (Å²) in [5.74, 6) is 0.824. The number of carboxylic acids is 1. The molecule has 0 amide bonds. The third-order valence-corrected chi connectivity index (χ3v) is 2.29. The van der Waals surface area contributed by atoms with Crippen LogP contribution in [0.4, 0.5) is 0 Å². The van der Waals surface area contributed by atoms with Crippen LogP contribution >= 0.6 is 0 Å². The van der Waals surface area contributed by atoms with Crippen molar-refractivity contribution in [3.8, 4) is 0 Å². The van der Waals surface area contributed by atoms with Crippen molar-refractivity contribution >= 4 is 5.97 Å². The smallest absolute Gasteiger partial charge is 0.303 e. The highest BCUT2D eigenvalue weighted by Crippen LogP contribution is 2.08. The van der Waals surface area contributed by atoms with E-state index in [2.05, 4.69) is 10.3 Å². The van der Waals surface area contributed by atoms with Gasteiger partial charge in [-0.3, -0.25) is 4.79 Å². The molecule has 6 nitrogen and oxygen atoms in total. The zero-order chi connectivity index (χ0) is 12.3. The molecular formula is C11H13N3O3. The van der Waals surface area contributed by atoms with E-state index in [9.17, 15) is 4.79 Å². The molecule has 0 aliphatic rings. The highest BCUT2D eigenvalue weighted by Gasteiger charge is 2.05. The molecule has 0 saturated heterocycles. The molecule has 2 rings (SSSR count). The van der Waals surface area contributed by atoms with Crippen LogP contribution in [0.25, 0.3) is 0 Å². The number of rotatable bonds is 5. The van der Waals surface area contributed by atoms with Crippen LogP contribution in [0.5, 0.6) is 0 Å². The average molecular weight is 235 g/mol. The Kier molecular flexibility index (Phi) is 3.22. The van der Waals surface area contributed by atoms with Gasteiger partial charge in [-0.05, 0) is 19.1 Å². The molecule has 2 heterocycles. The van der Waals surface area contributed by atoms with Gasteiger partial charge >= 0.3 is 5.97 Å². The van der Waals surface area contributed by atoms with Gasteiger partial charge < -0.3 is 9.52 Å². The van der Waals surface area contributed by atoms with Crippen molar-refractivity contribution in [2.45, 2.75) is 26.3 Å². The zero-order valence-electron chi connectivity index (χ0n) is 9.46. The van der Waals surface area contributed by atoms with Crippen molar-refractivity contribution in [3.63, 3.8) is 0 Å². The Hall–Kier alpha value is -2.11. The van der Waals surface area contributed by atoms with Crippen LogP contribution in [0.2, 0.25) is 0 Å². The fourth-order valence-electron chi connectivity index (χ4n) is 1.50. The normalized spacial score (nSPS) is 10.6. The molecule has 0 aliphatic heterocycles. The van der Waals surface area contributed by atoms with E-state index in [1.54, 1.807) is 10.9 Å². The second-order valence-corrected chi connectivity index (χ2v) is 3.81. The fourth-order valence-corrected chi connectivity index (χ4v) is 1.50. The van der Waals surface area contributed by atoms with Gasteiger partial charge in [-0.25, -0.2) is 4.68 Å². The summed E-state index contributed by atoms with van der Waals surface area (Å²) in [6.07, 6.45) is 2.20. The highest BCUT2D eigenvalue weighted by atomic mass is 16.4. The van der Waals surface area contributed by atoms with Crippen molar-refractivity contribution in [3.05, 3.63) is 35.5 Å². The van der Waals surface area contributed by atoms with Gasteiger partial charge in [0.1, 0.15) is 18.1 Å². The van der Waals surface area contributed by atoms with Crippen LogP contribution in [-0.4, -0.2) is 26.1 Å². The first kappa shape index (κ1) is 11.4. The summed E-state index contributed by atoms with van der Waals surface area (Å²) >= 11 is 0. The lowest BCUT2D eigenvalue weighted by molar-refractivity contribution is -0.136. The Morgan fingerprint density at radius 3 is 3.00 bits per heavy atom. The quantitative estimate of drug-likeness (QED) is 0.843. The first-order valence-electron chi connectivity index (χ1n) is 5.29. The predicted molar refractivity (Wildman–Crippen MR) is 58.5 cm³/mol. The van der Waals surface area contributed by atoms with Crippen LogP contribution in [0.3, 0.4) is 0 Å². The Labute approximate surface area is 97.9 Å². The van der Waals surface area contributed by atoms with Gasteiger partial charge in [0.25, 0.3) is 0 Å². The minimum Gasteiger partial charge on any atom is -0.481 e. The monoisotopic (exact) mass is 235 g/mol. The molecule has 6 heteroatoms. The SMILES string of the molecule is Cc1ccc(Cn2cc(CCC(=O)O)nn2)o1. The molecule has 0 fully saturated rings. The molecule has 0 spiro atoms. The predicted octanol–water partition coefficient (Wildman–Crippen LogP) is 1.25. The summed E-state index contributed by atoms with van der Waals surface area (Å²) in [6, 6.07) is 3.77. The van der Waals surface area contributed by atoms with Crippen LogP contribution < -0.4 is 0 Å². The summed E-state index contributed by atoms with van der Waals surface area (Å²) in [5.41, 5.74) is 0.677. The summed E-state index contributed by atoms with van der Waals surface area (Å²) in [4.78, 5) is 10.4. The van der Waals surface area contributed by atoms with E-state index in [1.165, 1.54) is 0 Å². The van der Waals surface area contributed by atoms with Gasteiger partial charge in [-0.15, -0.1) is 5.10 Å². The highest BCUT2D eigenvalue weighted by molar-refractivity contribution is 5.66. The van der Waals surface area contributed by atoms with E-state index in [4.69, 9.17) is 9.52 Å². The van der Waals surface area contributed by atoms with Crippen LogP contribution in [-0.2, 0) is 17.8 Å². The molecular weight excluding hydrogens is 222 g/mol. The van der Waals surface area contributed by atoms with Gasteiger partial charge in [-0.1, -0.05) is 5.21 Å². The van der Waals surface area contributed by atoms with E-state index in [0.717, 1.165) is 11.5 Å². The minimum absolute atomic E-state index is 0.0680. The van der Waals surface area contributed by atoms with Crippen molar-refractivity contribution in [1.29, 1.82) is 0 Å². The first-order valence-corrected chi connectivity index (χ1v) is 5.29. The van der Waals surface area contributed by atoms with E-state index in [1.807, 2.05) is 19.1 Å². The van der Waals surface area contributed by atoms with E-state index in [0.29, 0.717) is 18.7 Å². The number of carboxylic acid groups (broad SMARTS) is 1. The summed E-state index contributed by atoms with van der Waals surface area (Å²) < 4.78 is 7.05. The molecule has 0 unspecified atom stereocenters. The Bertz CT molecular complexity index is 516. The molecule has 90 valence electrons. The molecule has 0 saturated carbocycles. The third-order valence-electron chi connectivity index (χ3n) is 2.29. The zero-order valence-corrected chi connectivity index (χ0v) is 9.46. The molecule has 0 aliphatic carbocycles. The molecule has 2 aromatic rings. The largest absolute Gasteiger partial charge is 0.481 e. The third kappa shape index (κ3) is 3.17. The molecule has 0 bridgehead atoms. The number of aromatic nitrogens is 3. The number of furan rings is 1. The lowest BCUT2D eigenvalue weighted by atomic mass is 10.2. The molecule has 1 N–H and O–H groups in total. The lowest BCUT2D eigenvalue weighted by Crippen LogP contribution is -1.99. The second-order valence-electron chi connectivity index (χ2n) is 3.81. The van der Waals surface area contributed by atoms with Crippen molar-refractivity contribution in [2.75, 3.05) is 0 Å². The van der Waals surface area contributed by atoms with E-state index >= 15 is 0 Å². The van der Waals surface area contributed by atoms with Gasteiger partial charge in [0, 0.05) is 12.6 Å². The van der Waals surface area contributed by atoms with Gasteiger partial charge in [0.2, 0.25) is 0 Å². The summed E-state index contributed by atoms with van der Waals surface area (Å²) in [7, 11) is 0. The Balaban J connectivity index is 1.96. The molecule has 2 aromatic heterocycles. The maximum absolute atomic E-state index is 10.4. The number of hydrogen-bond donors (Lipinski definition) is 1. The van der Waals surface area contributed by atoms with E-state index in [-0.39, 0.29) is 6.42 Å². The Morgan fingerprint density at radius 2 is 2.35 bits per heavy atom. The van der Waals surface area contributed by atoms with E-state index < -0.39 is 5.97 Å². The number of carbonyl (C=O) groups is 1. The van der Waals surface area contributed by atoms with Gasteiger partial charge in [0.15, 0.2) is 0 Å². The standard InChI is InChI=1S/C11H13N3O3/c1-8-2-4-10(17-8)7-14-6-9(12-13-14)3-5-11(15)16/h2,4,6H,3,5,7H2,1H3,(H,15,16). The number of hydrogen-bond acceptors (Lipinski definition) is 4. The molecule has 0 aromatic carbocycles. The first-order chi connectivity index (χ1) is 8.13. The van der Waals surface area contributed by atoms with Crippen LogP contribution in [0.15, 0.2) is 22.7 Å². The van der Waals surface area contributed by atoms with Crippen molar-refractivity contribution in [2.24, 2.45) is 0 Å². The minimum atomic E-state index is -0.832. The maximum atomic E-state index is 10.4. The summed E-state index contributed by atoms with van der Waals surface area (Å²) in [6.45, 7) is 2.39. The summed E-state index contributed by atoms with van der Waals surface area (Å²) in [5, 5.41) is 16.4. The van der Waals surface area contributed by atoms with Gasteiger partial charge in [-0.2, -0.15) is 0 Å². The van der Waals surface area contributed by atoms with Crippen LogP contribution in [0.1, 0.15) is 23.6 Å². The number of aryl methyl sites for hydroxylation is 2. The topological polar surface area (TPSA) is 81.2 Å². The molecule has 17 heavy (non-hydrogen) atoms. The average Bonchev–Trinajstić information content (AvgIpc) is 2.86. The number of nitrogens with zero attached hydrogens (tertiary/aromatic N) is 3. The molecule has 0 atom stereocenters.